The minimum absolute atomic E-state index is 0.0424. The van der Waals surface area contributed by atoms with Gasteiger partial charge < -0.3 is 15.5 Å². The molecule has 4 nitrogen and oxygen atoms in total. The first-order valence-electron chi connectivity index (χ1n) is 5.35. The fraction of sp³-hybridized carbons (Fsp3) is 0.417. The number of halogens is 1. The highest BCUT2D eigenvalue weighted by Crippen LogP contribution is 2.28. The minimum Gasteiger partial charge on any atom is -0.504 e. The van der Waals surface area contributed by atoms with Crippen LogP contribution in [0.1, 0.15) is 24.2 Å². The summed E-state index contributed by atoms with van der Waals surface area (Å²) in [5.41, 5.74) is 0.0424. The van der Waals surface area contributed by atoms with Gasteiger partial charge in [0.15, 0.2) is 11.5 Å². The number of nitrogens with one attached hydrogen (secondary N) is 1. The van der Waals surface area contributed by atoms with Gasteiger partial charge in [-0.05, 0) is 18.1 Å². The van der Waals surface area contributed by atoms with E-state index in [1.807, 2.05) is 13.8 Å². The Balaban J connectivity index is 2.86. The lowest BCUT2D eigenvalue weighted by Gasteiger charge is -2.20. The van der Waals surface area contributed by atoms with Crippen LogP contribution in [0.5, 0.6) is 11.5 Å². The predicted octanol–water partition coefficient (Wildman–Crippen LogP) is 2.09. The summed E-state index contributed by atoms with van der Waals surface area (Å²) in [6.07, 6.45) is 0. The van der Waals surface area contributed by atoms with Gasteiger partial charge in [0.05, 0.1) is 5.56 Å². The highest BCUT2D eigenvalue weighted by molar-refractivity contribution is 6.18. The molecule has 0 spiro atoms. The maximum atomic E-state index is 11.9. The molecule has 17 heavy (non-hydrogen) atoms. The van der Waals surface area contributed by atoms with Crippen LogP contribution in [0, 0.1) is 5.92 Å². The molecule has 0 heterocycles. The molecule has 5 heteroatoms. The average Bonchev–Trinajstić information content (AvgIpc) is 2.28. The average molecular weight is 258 g/mol. The van der Waals surface area contributed by atoms with E-state index in [9.17, 15) is 15.0 Å². The van der Waals surface area contributed by atoms with Gasteiger partial charge in [-0.2, -0.15) is 0 Å². The monoisotopic (exact) mass is 257 g/mol. The Morgan fingerprint density at radius 2 is 2.06 bits per heavy atom. The number of carbonyl (C=O) groups is 1. The molecule has 1 amide bonds. The summed E-state index contributed by atoms with van der Waals surface area (Å²) < 4.78 is 0. The molecule has 0 saturated carbocycles. The topological polar surface area (TPSA) is 69.6 Å². The summed E-state index contributed by atoms with van der Waals surface area (Å²) in [5.74, 6) is -0.691. The zero-order valence-corrected chi connectivity index (χ0v) is 10.5. The Bertz CT molecular complexity index is 407. The molecule has 0 radical (unpaired) electrons. The van der Waals surface area contributed by atoms with E-state index in [4.69, 9.17) is 11.6 Å². The van der Waals surface area contributed by atoms with Crippen molar-refractivity contribution in [3.8, 4) is 11.5 Å². The van der Waals surface area contributed by atoms with Crippen LogP contribution in [-0.4, -0.2) is 28.0 Å². The van der Waals surface area contributed by atoms with Crippen molar-refractivity contribution < 1.29 is 15.0 Å². The zero-order chi connectivity index (χ0) is 13.0. The van der Waals surface area contributed by atoms with Crippen LogP contribution in [-0.2, 0) is 0 Å². The number of aromatic hydroxyl groups is 2. The summed E-state index contributed by atoms with van der Waals surface area (Å²) in [4.78, 5) is 11.9. The number of phenols is 2. The summed E-state index contributed by atoms with van der Waals surface area (Å²) in [6, 6.07) is 4.07. The van der Waals surface area contributed by atoms with Crippen molar-refractivity contribution >= 4 is 17.5 Å². The number of phenolic OH excluding ortho intramolecular Hbond substituents is 2. The molecule has 1 rings (SSSR count). The molecule has 0 aliphatic carbocycles. The highest BCUT2D eigenvalue weighted by atomic mass is 35.5. The molecule has 0 fully saturated rings. The van der Waals surface area contributed by atoms with E-state index in [1.165, 1.54) is 18.2 Å². The van der Waals surface area contributed by atoms with E-state index in [-0.39, 0.29) is 23.3 Å². The lowest BCUT2D eigenvalue weighted by Crippen LogP contribution is -2.39. The van der Waals surface area contributed by atoms with Crippen molar-refractivity contribution in [1.29, 1.82) is 0 Å². The van der Waals surface area contributed by atoms with E-state index in [0.29, 0.717) is 5.88 Å². The van der Waals surface area contributed by atoms with Gasteiger partial charge in [-0.15, -0.1) is 11.6 Å². The van der Waals surface area contributed by atoms with Crippen LogP contribution in [0.2, 0.25) is 0 Å². The number of hydrogen-bond acceptors (Lipinski definition) is 3. The summed E-state index contributed by atoms with van der Waals surface area (Å²) >= 11 is 5.74. The first-order valence-corrected chi connectivity index (χ1v) is 5.88. The van der Waals surface area contributed by atoms with Gasteiger partial charge in [0.25, 0.3) is 5.91 Å². The molecule has 0 aromatic heterocycles. The molecule has 0 saturated heterocycles. The molecule has 0 aliphatic heterocycles. The molecular formula is C12H16ClNO3. The Hall–Kier alpha value is -1.42. The Morgan fingerprint density at radius 1 is 1.41 bits per heavy atom. The standard InChI is InChI=1S/C12H16ClNO3/c1-7(2)9(6-13)14-12(17)8-4-3-5-10(15)11(8)16/h3-5,7,9,15-16H,6H2,1-2H3,(H,14,17). The summed E-state index contributed by atoms with van der Waals surface area (Å²) in [7, 11) is 0. The van der Waals surface area contributed by atoms with E-state index in [1.54, 1.807) is 0 Å². The van der Waals surface area contributed by atoms with Crippen LogP contribution in [0.3, 0.4) is 0 Å². The van der Waals surface area contributed by atoms with E-state index < -0.39 is 11.7 Å². The largest absolute Gasteiger partial charge is 0.504 e. The molecule has 0 aliphatic rings. The molecular weight excluding hydrogens is 242 g/mol. The summed E-state index contributed by atoms with van der Waals surface area (Å²) in [5, 5.41) is 21.6. The van der Waals surface area contributed by atoms with Gasteiger partial charge in [-0.1, -0.05) is 19.9 Å². The maximum absolute atomic E-state index is 11.9. The van der Waals surface area contributed by atoms with Gasteiger partial charge in [0.2, 0.25) is 0 Å². The quantitative estimate of drug-likeness (QED) is 0.571. The van der Waals surface area contributed by atoms with Gasteiger partial charge in [0.1, 0.15) is 0 Å². The van der Waals surface area contributed by atoms with Gasteiger partial charge in [-0.3, -0.25) is 4.79 Å². The number of para-hydroxylation sites is 1. The van der Waals surface area contributed by atoms with Crippen LogP contribution < -0.4 is 5.32 Å². The van der Waals surface area contributed by atoms with Crippen LogP contribution >= 0.6 is 11.6 Å². The van der Waals surface area contributed by atoms with E-state index >= 15 is 0 Å². The van der Waals surface area contributed by atoms with Crippen LogP contribution in [0.15, 0.2) is 18.2 Å². The molecule has 3 N–H and O–H groups in total. The van der Waals surface area contributed by atoms with Crippen LogP contribution in [0.25, 0.3) is 0 Å². The third kappa shape index (κ3) is 3.27. The number of amides is 1. The van der Waals surface area contributed by atoms with Gasteiger partial charge in [-0.25, -0.2) is 0 Å². The Kier molecular flexibility index (Phi) is 4.63. The third-order valence-corrected chi connectivity index (χ3v) is 2.88. The number of hydrogen-bond donors (Lipinski definition) is 3. The Morgan fingerprint density at radius 3 is 2.59 bits per heavy atom. The second-order valence-corrected chi connectivity index (χ2v) is 4.46. The lowest BCUT2D eigenvalue weighted by atomic mass is 10.1. The van der Waals surface area contributed by atoms with E-state index in [0.717, 1.165) is 0 Å². The highest BCUT2D eigenvalue weighted by Gasteiger charge is 2.19. The first kappa shape index (κ1) is 13.6. The van der Waals surface area contributed by atoms with Crippen LogP contribution in [0.4, 0.5) is 0 Å². The fourth-order valence-electron chi connectivity index (χ4n) is 1.34. The van der Waals surface area contributed by atoms with E-state index in [2.05, 4.69) is 5.32 Å². The van der Waals surface area contributed by atoms with Gasteiger partial charge >= 0.3 is 0 Å². The number of carbonyl (C=O) groups excluding carboxylic acids is 1. The predicted molar refractivity (Wildman–Crippen MR) is 66.6 cm³/mol. The normalized spacial score (nSPS) is 12.5. The molecule has 1 unspecified atom stereocenters. The van der Waals surface area contributed by atoms with Crippen molar-refractivity contribution in [3.63, 3.8) is 0 Å². The van der Waals surface area contributed by atoms with Crippen molar-refractivity contribution in [1.82, 2.24) is 5.32 Å². The molecule has 1 atom stereocenters. The second kappa shape index (κ2) is 5.77. The second-order valence-electron chi connectivity index (χ2n) is 4.15. The number of alkyl halides is 1. The minimum atomic E-state index is -0.447. The Labute approximate surface area is 105 Å². The zero-order valence-electron chi connectivity index (χ0n) is 9.77. The first-order chi connectivity index (χ1) is 7.97. The summed E-state index contributed by atoms with van der Waals surface area (Å²) in [6.45, 7) is 3.88. The van der Waals surface area contributed by atoms with Crippen molar-refractivity contribution in [2.45, 2.75) is 19.9 Å². The lowest BCUT2D eigenvalue weighted by molar-refractivity contribution is 0.0928. The third-order valence-electron chi connectivity index (χ3n) is 2.55. The van der Waals surface area contributed by atoms with Crippen molar-refractivity contribution in [2.75, 3.05) is 5.88 Å². The fourth-order valence-corrected chi connectivity index (χ4v) is 1.78. The number of benzene rings is 1. The number of rotatable bonds is 4. The van der Waals surface area contributed by atoms with Gasteiger partial charge in [0, 0.05) is 11.9 Å². The van der Waals surface area contributed by atoms with Crippen molar-refractivity contribution in [3.05, 3.63) is 23.8 Å². The molecule has 0 bridgehead atoms. The molecule has 94 valence electrons. The SMILES string of the molecule is CC(C)C(CCl)NC(=O)c1cccc(O)c1O. The smallest absolute Gasteiger partial charge is 0.255 e. The molecule has 1 aromatic carbocycles. The molecule has 1 aromatic rings. The maximum Gasteiger partial charge on any atom is 0.255 e. The van der Waals surface area contributed by atoms with Crippen molar-refractivity contribution in [2.24, 2.45) is 5.92 Å².